The maximum absolute atomic E-state index is 13.0. The van der Waals surface area contributed by atoms with Crippen LogP contribution in [0.4, 0.5) is 4.39 Å². The van der Waals surface area contributed by atoms with Crippen LogP contribution in [0.3, 0.4) is 0 Å². The zero-order valence-corrected chi connectivity index (χ0v) is 9.98. The fourth-order valence-electron chi connectivity index (χ4n) is 1.10. The summed E-state index contributed by atoms with van der Waals surface area (Å²) in [4.78, 5) is 0. The van der Waals surface area contributed by atoms with Crippen molar-refractivity contribution in [3.8, 4) is 0 Å². The van der Waals surface area contributed by atoms with Crippen molar-refractivity contribution in [3.63, 3.8) is 0 Å². The van der Waals surface area contributed by atoms with Crippen molar-refractivity contribution in [1.82, 2.24) is 0 Å². The Kier molecular flexibility index (Phi) is 5.20. The molecule has 0 unspecified atom stereocenters. The van der Waals surface area contributed by atoms with E-state index in [2.05, 4.69) is 22.0 Å². The Bertz CT molecular complexity index is 323. The quantitative estimate of drug-likeness (QED) is 0.566. The summed E-state index contributed by atoms with van der Waals surface area (Å²) in [5.74, 6) is -0.349. The van der Waals surface area contributed by atoms with Gasteiger partial charge in [0.2, 0.25) is 0 Å². The van der Waals surface area contributed by atoms with E-state index in [1.165, 1.54) is 6.07 Å². The fraction of sp³-hybridized carbons (Fsp3) is 0.273. The Balaban J connectivity index is 2.63. The third-order valence-corrected chi connectivity index (χ3v) is 2.69. The lowest BCUT2D eigenvalue weighted by atomic mass is 10.1. The molecule has 1 aromatic rings. The predicted molar refractivity (Wildman–Crippen MR) is 62.7 cm³/mol. The summed E-state index contributed by atoms with van der Waals surface area (Å²) in [5.41, 5.74) is 0.831. The Morgan fingerprint density at radius 3 is 2.86 bits per heavy atom. The molecule has 0 spiro atoms. The van der Waals surface area contributed by atoms with Crippen molar-refractivity contribution >= 4 is 27.5 Å². The van der Waals surface area contributed by atoms with Gasteiger partial charge in [0.15, 0.2) is 0 Å². The number of halogens is 3. The smallest absolute Gasteiger partial charge is 0.142 e. The maximum Gasteiger partial charge on any atom is 0.142 e. The fourth-order valence-corrected chi connectivity index (χ4v) is 1.56. The standard InChI is InChI=1S/C11H11BrClF/c12-8-3-1-2-5-9-6-4-7-10(14)11(9)13/h1-2,4,6-7H,3,5,8H2/b2-1+. The van der Waals surface area contributed by atoms with Crippen LogP contribution in [0.1, 0.15) is 12.0 Å². The summed E-state index contributed by atoms with van der Waals surface area (Å²) in [6.07, 6.45) is 5.72. The Hall–Kier alpha value is -0.340. The third-order valence-electron chi connectivity index (χ3n) is 1.81. The summed E-state index contributed by atoms with van der Waals surface area (Å²) in [6, 6.07) is 4.88. The first-order chi connectivity index (χ1) is 6.75. The molecule has 1 aromatic carbocycles. The van der Waals surface area contributed by atoms with Gasteiger partial charge in [0.1, 0.15) is 5.82 Å². The molecule has 0 nitrogen and oxygen atoms in total. The van der Waals surface area contributed by atoms with E-state index in [9.17, 15) is 4.39 Å². The van der Waals surface area contributed by atoms with Gasteiger partial charge in [0.25, 0.3) is 0 Å². The zero-order chi connectivity index (χ0) is 10.4. The highest BCUT2D eigenvalue weighted by atomic mass is 79.9. The van der Waals surface area contributed by atoms with Crippen molar-refractivity contribution in [1.29, 1.82) is 0 Å². The largest absolute Gasteiger partial charge is 0.205 e. The molecule has 0 saturated carbocycles. The molecule has 0 N–H and O–H groups in total. The molecular formula is C11H11BrClF. The Morgan fingerprint density at radius 1 is 1.36 bits per heavy atom. The van der Waals surface area contributed by atoms with Crippen LogP contribution < -0.4 is 0 Å². The topological polar surface area (TPSA) is 0 Å². The summed E-state index contributed by atoms with van der Waals surface area (Å²) >= 11 is 9.11. The molecule has 0 bridgehead atoms. The van der Waals surface area contributed by atoms with Crippen LogP contribution in [0.25, 0.3) is 0 Å². The van der Waals surface area contributed by atoms with Crippen molar-refractivity contribution in [3.05, 3.63) is 46.8 Å². The maximum atomic E-state index is 13.0. The minimum Gasteiger partial charge on any atom is -0.205 e. The monoisotopic (exact) mass is 276 g/mol. The lowest BCUT2D eigenvalue weighted by molar-refractivity contribution is 0.626. The molecule has 76 valence electrons. The number of allylic oxidation sites excluding steroid dienone is 2. The Morgan fingerprint density at radius 2 is 2.14 bits per heavy atom. The number of hydrogen-bond acceptors (Lipinski definition) is 0. The van der Waals surface area contributed by atoms with Crippen molar-refractivity contribution < 1.29 is 4.39 Å². The molecule has 0 heterocycles. The van der Waals surface area contributed by atoms with E-state index < -0.39 is 0 Å². The van der Waals surface area contributed by atoms with E-state index in [0.29, 0.717) is 6.42 Å². The molecule has 0 aliphatic carbocycles. The van der Waals surface area contributed by atoms with Gasteiger partial charge in [-0.2, -0.15) is 0 Å². The van der Waals surface area contributed by atoms with E-state index in [0.717, 1.165) is 17.3 Å². The van der Waals surface area contributed by atoms with Crippen molar-refractivity contribution in [2.75, 3.05) is 5.33 Å². The van der Waals surface area contributed by atoms with Crippen molar-refractivity contribution in [2.45, 2.75) is 12.8 Å². The lowest BCUT2D eigenvalue weighted by Gasteiger charge is -2.00. The molecule has 0 atom stereocenters. The highest BCUT2D eigenvalue weighted by Gasteiger charge is 2.02. The molecule has 0 aromatic heterocycles. The van der Waals surface area contributed by atoms with Gasteiger partial charge in [-0.25, -0.2) is 4.39 Å². The second-order valence-corrected chi connectivity index (χ2v) is 4.04. The Labute approximate surface area is 96.9 Å². The van der Waals surface area contributed by atoms with Gasteiger partial charge < -0.3 is 0 Å². The molecule has 0 saturated heterocycles. The van der Waals surface area contributed by atoms with Gasteiger partial charge >= 0.3 is 0 Å². The van der Waals surface area contributed by atoms with Gasteiger partial charge in [-0.05, 0) is 24.5 Å². The summed E-state index contributed by atoms with van der Waals surface area (Å²) in [7, 11) is 0. The van der Waals surface area contributed by atoms with Crippen LogP contribution in [-0.4, -0.2) is 5.33 Å². The molecule has 0 aliphatic heterocycles. The average Bonchev–Trinajstić information content (AvgIpc) is 2.19. The average molecular weight is 278 g/mol. The van der Waals surface area contributed by atoms with Crippen molar-refractivity contribution in [2.24, 2.45) is 0 Å². The molecule has 0 radical (unpaired) electrons. The second-order valence-electron chi connectivity index (χ2n) is 2.87. The predicted octanol–water partition coefficient (Wildman–Crippen LogP) is 4.36. The number of hydrogen-bond donors (Lipinski definition) is 0. The molecule has 14 heavy (non-hydrogen) atoms. The number of benzene rings is 1. The van der Waals surface area contributed by atoms with Gasteiger partial charge in [-0.3, -0.25) is 0 Å². The van der Waals surface area contributed by atoms with Crippen LogP contribution in [-0.2, 0) is 6.42 Å². The minimum atomic E-state index is -0.349. The lowest BCUT2D eigenvalue weighted by Crippen LogP contribution is -1.86. The first-order valence-corrected chi connectivity index (χ1v) is 5.89. The van der Waals surface area contributed by atoms with Crippen LogP contribution in [0.2, 0.25) is 5.02 Å². The SMILES string of the molecule is Fc1cccc(C/C=C/CCBr)c1Cl. The molecular weight excluding hydrogens is 266 g/mol. The first kappa shape index (κ1) is 11.7. The third kappa shape index (κ3) is 3.43. The number of rotatable bonds is 4. The summed E-state index contributed by atoms with van der Waals surface area (Å²) in [5, 5.41) is 1.18. The second kappa shape index (κ2) is 6.20. The van der Waals surface area contributed by atoms with Gasteiger partial charge in [0.05, 0.1) is 5.02 Å². The normalized spacial score (nSPS) is 11.1. The van der Waals surface area contributed by atoms with E-state index in [1.807, 2.05) is 12.1 Å². The van der Waals surface area contributed by atoms with E-state index in [1.54, 1.807) is 6.07 Å². The molecule has 3 heteroatoms. The van der Waals surface area contributed by atoms with E-state index in [4.69, 9.17) is 11.6 Å². The van der Waals surface area contributed by atoms with E-state index in [-0.39, 0.29) is 10.8 Å². The summed E-state index contributed by atoms with van der Waals surface area (Å²) in [6.45, 7) is 0. The molecule has 1 rings (SSSR count). The van der Waals surface area contributed by atoms with Gasteiger partial charge in [0, 0.05) is 5.33 Å². The molecule has 0 fully saturated rings. The van der Waals surface area contributed by atoms with Crippen LogP contribution in [0.15, 0.2) is 30.4 Å². The highest BCUT2D eigenvalue weighted by molar-refractivity contribution is 9.09. The number of alkyl halides is 1. The minimum absolute atomic E-state index is 0.232. The first-order valence-electron chi connectivity index (χ1n) is 4.39. The molecule has 0 amide bonds. The van der Waals surface area contributed by atoms with Crippen LogP contribution in [0, 0.1) is 5.82 Å². The van der Waals surface area contributed by atoms with E-state index >= 15 is 0 Å². The van der Waals surface area contributed by atoms with Crippen LogP contribution >= 0.6 is 27.5 Å². The van der Waals surface area contributed by atoms with Gasteiger partial charge in [-0.1, -0.05) is 51.8 Å². The zero-order valence-electron chi connectivity index (χ0n) is 7.64. The summed E-state index contributed by atoms with van der Waals surface area (Å²) < 4.78 is 13.0. The van der Waals surface area contributed by atoms with Gasteiger partial charge in [-0.15, -0.1) is 0 Å². The van der Waals surface area contributed by atoms with Crippen LogP contribution in [0.5, 0.6) is 0 Å². The molecule has 0 aliphatic rings. The highest BCUT2D eigenvalue weighted by Crippen LogP contribution is 2.20.